The van der Waals surface area contributed by atoms with Gasteiger partial charge in [0.25, 0.3) is 0 Å². The Bertz CT molecular complexity index is 919. The minimum absolute atomic E-state index is 0.0907. The lowest BCUT2D eigenvalue weighted by Crippen LogP contribution is -2.33. The molecule has 0 amide bonds. The van der Waals surface area contributed by atoms with E-state index in [9.17, 15) is 4.79 Å². The van der Waals surface area contributed by atoms with E-state index in [0.717, 1.165) is 36.8 Å². The molecule has 142 valence electrons. The zero-order chi connectivity index (χ0) is 18.8. The number of piperidine rings is 1. The maximum Gasteiger partial charge on any atom is 0.228 e. The van der Waals surface area contributed by atoms with E-state index in [1.807, 2.05) is 24.4 Å². The lowest BCUT2D eigenvalue weighted by atomic mass is 9.88. The minimum Gasteiger partial charge on any atom is -0.461 e. The van der Waals surface area contributed by atoms with Crippen LogP contribution in [0, 0.1) is 0 Å². The van der Waals surface area contributed by atoms with Crippen molar-refractivity contribution in [2.45, 2.75) is 38.5 Å². The van der Waals surface area contributed by atoms with Crippen molar-refractivity contribution in [1.29, 1.82) is 0 Å². The van der Waals surface area contributed by atoms with E-state index in [1.54, 1.807) is 16.8 Å². The van der Waals surface area contributed by atoms with Crippen molar-refractivity contribution in [1.82, 2.24) is 9.58 Å². The highest BCUT2D eigenvalue weighted by Crippen LogP contribution is 2.34. The molecule has 2 aromatic heterocycles. The summed E-state index contributed by atoms with van der Waals surface area (Å²) < 4.78 is 6.96. The first kappa shape index (κ1) is 17.9. The van der Waals surface area contributed by atoms with Gasteiger partial charge in [-0.3, -0.25) is 9.47 Å². The molecule has 0 spiro atoms. The van der Waals surface area contributed by atoms with Crippen LogP contribution in [0.3, 0.4) is 0 Å². The average molecular weight is 365 g/mol. The number of ketones is 1. The highest BCUT2D eigenvalue weighted by Gasteiger charge is 2.24. The Kier molecular flexibility index (Phi) is 5.03. The first-order valence-corrected chi connectivity index (χ1v) is 9.88. The smallest absolute Gasteiger partial charge is 0.228 e. The zero-order valence-electron chi connectivity index (χ0n) is 15.9. The summed E-state index contributed by atoms with van der Waals surface area (Å²) in [5.74, 6) is 6.97. The second kappa shape index (κ2) is 7.61. The van der Waals surface area contributed by atoms with Gasteiger partial charge in [-0.2, -0.15) is 0 Å². The van der Waals surface area contributed by atoms with E-state index in [4.69, 9.17) is 10.3 Å². The highest BCUT2D eigenvalue weighted by atomic mass is 16.3. The van der Waals surface area contributed by atoms with E-state index < -0.39 is 0 Å². The standard InChI is InChI=1S/C22H27N3O2/c1-2-3-10-24-11-8-16(9-12-24)19-15-25(23)20-7-6-17(14-18(19)20)22(26)21-5-4-13-27-21/h4-7,13-16H,2-3,8-12,23H2,1H3. The number of carbonyl (C=O) groups excluding carboxylic acids is 1. The van der Waals surface area contributed by atoms with Gasteiger partial charge < -0.3 is 15.2 Å². The molecule has 5 nitrogen and oxygen atoms in total. The lowest BCUT2D eigenvalue weighted by molar-refractivity contribution is 0.101. The first-order valence-electron chi connectivity index (χ1n) is 9.88. The van der Waals surface area contributed by atoms with Gasteiger partial charge in [0, 0.05) is 17.1 Å². The van der Waals surface area contributed by atoms with Gasteiger partial charge in [-0.05, 0) is 80.7 Å². The topological polar surface area (TPSA) is 64.4 Å². The molecule has 1 saturated heterocycles. The number of aromatic nitrogens is 1. The van der Waals surface area contributed by atoms with Crippen LogP contribution in [-0.4, -0.2) is 35.0 Å². The van der Waals surface area contributed by atoms with Crippen LogP contribution in [0.15, 0.2) is 47.2 Å². The van der Waals surface area contributed by atoms with E-state index >= 15 is 0 Å². The van der Waals surface area contributed by atoms with Crippen molar-refractivity contribution in [3.63, 3.8) is 0 Å². The summed E-state index contributed by atoms with van der Waals surface area (Å²) in [6.45, 7) is 5.70. The van der Waals surface area contributed by atoms with E-state index in [-0.39, 0.29) is 5.78 Å². The summed E-state index contributed by atoms with van der Waals surface area (Å²) in [7, 11) is 0. The number of nitrogens with zero attached hydrogens (tertiary/aromatic N) is 2. The van der Waals surface area contributed by atoms with Crippen molar-refractivity contribution < 1.29 is 9.21 Å². The molecule has 4 rings (SSSR count). The summed E-state index contributed by atoms with van der Waals surface area (Å²) in [6.07, 6.45) is 8.36. The van der Waals surface area contributed by atoms with Crippen molar-refractivity contribution in [3.8, 4) is 0 Å². The molecular formula is C22H27N3O2. The van der Waals surface area contributed by atoms with Crippen LogP contribution in [-0.2, 0) is 0 Å². The molecule has 27 heavy (non-hydrogen) atoms. The fourth-order valence-electron chi connectivity index (χ4n) is 4.15. The molecule has 0 atom stereocenters. The molecule has 2 N–H and O–H groups in total. The van der Waals surface area contributed by atoms with Crippen molar-refractivity contribution in [2.24, 2.45) is 0 Å². The van der Waals surface area contributed by atoms with Crippen LogP contribution in [0.5, 0.6) is 0 Å². The molecule has 1 fully saturated rings. The molecule has 0 saturated carbocycles. The van der Waals surface area contributed by atoms with E-state index in [2.05, 4.69) is 11.8 Å². The molecule has 0 aliphatic carbocycles. The summed E-state index contributed by atoms with van der Waals surface area (Å²) in [5, 5.41) is 1.09. The highest BCUT2D eigenvalue weighted by molar-refractivity contribution is 6.09. The number of furan rings is 1. The van der Waals surface area contributed by atoms with Crippen LogP contribution in [0.1, 0.15) is 60.2 Å². The molecule has 1 aromatic carbocycles. The molecule has 3 heterocycles. The third-order valence-corrected chi connectivity index (χ3v) is 5.73. The number of likely N-dealkylation sites (tertiary alicyclic amines) is 1. The maximum absolute atomic E-state index is 12.7. The van der Waals surface area contributed by atoms with Crippen LogP contribution < -0.4 is 5.84 Å². The largest absolute Gasteiger partial charge is 0.461 e. The normalized spacial score (nSPS) is 16.2. The van der Waals surface area contributed by atoms with Gasteiger partial charge in [0.1, 0.15) is 0 Å². The summed E-state index contributed by atoms with van der Waals surface area (Å²) in [4.78, 5) is 15.2. The van der Waals surface area contributed by atoms with E-state index in [0.29, 0.717) is 17.2 Å². The Morgan fingerprint density at radius 3 is 2.78 bits per heavy atom. The molecule has 5 heteroatoms. The minimum atomic E-state index is -0.0907. The average Bonchev–Trinajstić information content (AvgIpc) is 3.35. The molecule has 3 aromatic rings. The molecular weight excluding hydrogens is 338 g/mol. The SMILES string of the molecule is CCCCN1CCC(c2cn(N)c3ccc(C(=O)c4ccco4)cc23)CC1. The van der Waals surface area contributed by atoms with Gasteiger partial charge in [-0.1, -0.05) is 13.3 Å². The number of rotatable bonds is 6. The Morgan fingerprint density at radius 2 is 2.07 bits per heavy atom. The Labute approximate surface area is 159 Å². The van der Waals surface area contributed by atoms with Crippen LogP contribution >= 0.6 is 0 Å². The number of fused-ring (bicyclic) bond motifs is 1. The van der Waals surface area contributed by atoms with Gasteiger partial charge in [0.2, 0.25) is 5.78 Å². The number of hydrogen-bond donors (Lipinski definition) is 1. The number of hydrogen-bond acceptors (Lipinski definition) is 4. The Balaban J connectivity index is 1.60. The van der Waals surface area contributed by atoms with Crippen LogP contribution in [0.4, 0.5) is 0 Å². The van der Waals surface area contributed by atoms with Gasteiger partial charge >= 0.3 is 0 Å². The number of nitrogens with two attached hydrogens (primary N) is 1. The number of benzene rings is 1. The predicted molar refractivity (Wildman–Crippen MR) is 108 cm³/mol. The quantitative estimate of drug-likeness (QED) is 0.526. The number of unbranched alkanes of at least 4 members (excludes halogenated alkanes) is 1. The fraction of sp³-hybridized carbons (Fsp3) is 0.409. The second-order valence-corrected chi connectivity index (χ2v) is 7.50. The molecule has 0 bridgehead atoms. The van der Waals surface area contributed by atoms with Crippen molar-refractivity contribution >= 4 is 16.7 Å². The maximum atomic E-state index is 12.7. The Morgan fingerprint density at radius 1 is 1.26 bits per heavy atom. The molecule has 0 unspecified atom stereocenters. The van der Waals surface area contributed by atoms with Gasteiger partial charge in [-0.25, -0.2) is 0 Å². The lowest BCUT2D eigenvalue weighted by Gasteiger charge is -2.31. The van der Waals surface area contributed by atoms with Gasteiger partial charge in [0.15, 0.2) is 5.76 Å². The monoisotopic (exact) mass is 365 g/mol. The molecule has 0 radical (unpaired) electrons. The third kappa shape index (κ3) is 3.52. The van der Waals surface area contributed by atoms with Crippen molar-refractivity contribution in [3.05, 3.63) is 59.7 Å². The van der Waals surface area contributed by atoms with Gasteiger partial charge in [-0.15, -0.1) is 0 Å². The number of carbonyl (C=O) groups is 1. The summed E-state index contributed by atoms with van der Waals surface area (Å²) >= 11 is 0. The van der Waals surface area contributed by atoms with Crippen LogP contribution in [0.25, 0.3) is 10.9 Å². The summed E-state index contributed by atoms with van der Waals surface area (Å²) in [5.41, 5.74) is 2.87. The summed E-state index contributed by atoms with van der Waals surface area (Å²) in [6, 6.07) is 9.18. The predicted octanol–water partition coefficient (Wildman–Crippen LogP) is 4.16. The zero-order valence-corrected chi connectivity index (χ0v) is 15.9. The molecule has 1 aliphatic heterocycles. The van der Waals surface area contributed by atoms with Crippen molar-refractivity contribution in [2.75, 3.05) is 25.5 Å². The van der Waals surface area contributed by atoms with Crippen LogP contribution in [0.2, 0.25) is 0 Å². The Hall–Kier alpha value is -2.53. The van der Waals surface area contributed by atoms with E-state index in [1.165, 1.54) is 31.2 Å². The second-order valence-electron chi connectivity index (χ2n) is 7.50. The van der Waals surface area contributed by atoms with Gasteiger partial charge in [0.05, 0.1) is 11.8 Å². The third-order valence-electron chi connectivity index (χ3n) is 5.73. The first-order chi connectivity index (χ1) is 13.2. The fourth-order valence-corrected chi connectivity index (χ4v) is 4.15. The number of nitrogen functional groups attached to an aromatic ring is 1. The molecule has 1 aliphatic rings.